The highest BCUT2D eigenvalue weighted by Crippen LogP contribution is 2.35. The smallest absolute Gasteiger partial charge is 0.262 e. The van der Waals surface area contributed by atoms with E-state index in [1.165, 1.54) is 6.42 Å². The Bertz CT molecular complexity index is 389. The zero-order valence-electron chi connectivity index (χ0n) is 13.2. The Hall–Kier alpha value is -0.750. The molecule has 0 radical (unpaired) electrons. The molecule has 0 aromatic heterocycles. The van der Waals surface area contributed by atoms with Gasteiger partial charge in [0, 0.05) is 18.5 Å². The SMILES string of the molecule is CC1CCCC(CNC(=O)C2CC(F)(F)CN2)(N(C)C)C1. The fraction of sp³-hybridized carbons (Fsp3) is 0.933. The lowest BCUT2D eigenvalue weighted by Crippen LogP contribution is -2.56. The van der Waals surface area contributed by atoms with Crippen LogP contribution in [0.15, 0.2) is 0 Å². The lowest BCUT2D eigenvalue weighted by atomic mass is 9.75. The van der Waals surface area contributed by atoms with Crippen molar-refractivity contribution in [2.75, 3.05) is 27.2 Å². The Kier molecular flexibility index (Phi) is 4.88. The van der Waals surface area contributed by atoms with Crippen LogP contribution in [-0.4, -0.2) is 55.5 Å². The molecule has 0 spiro atoms. The first-order valence-corrected chi connectivity index (χ1v) is 7.80. The number of carbonyl (C=O) groups is 1. The van der Waals surface area contributed by atoms with Crippen molar-refractivity contribution in [3.63, 3.8) is 0 Å². The second kappa shape index (κ2) is 6.16. The third-order valence-electron chi connectivity index (χ3n) is 5.03. The van der Waals surface area contributed by atoms with E-state index in [1.807, 2.05) is 14.1 Å². The van der Waals surface area contributed by atoms with Gasteiger partial charge in [-0.15, -0.1) is 0 Å². The van der Waals surface area contributed by atoms with Crippen LogP contribution in [-0.2, 0) is 4.79 Å². The molecule has 1 aliphatic carbocycles. The first kappa shape index (κ1) is 16.6. The Morgan fingerprint density at radius 1 is 1.38 bits per heavy atom. The van der Waals surface area contributed by atoms with Crippen LogP contribution in [0.3, 0.4) is 0 Å². The number of hydrogen-bond acceptors (Lipinski definition) is 3. The largest absolute Gasteiger partial charge is 0.353 e. The van der Waals surface area contributed by atoms with Crippen molar-refractivity contribution >= 4 is 5.91 Å². The first-order valence-electron chi connectivity index (χ1n) is 7.80. The van der Waals surface area contributed by atoms with E-state index in [1.54, 1.807) is 0 Å². The molecule has 1 saturated heterocycles. The molecule has 1 saturated carbocycles. The molecule has 4 nitrogen and oxygen atoms in total. The summed E-state index contributed by atoms with van der Waals surface area (Å²) >= 11 is 0. The van der Waals surface area contributed by atoms with Crippen LogP contribution in [0.2, 0.25) is 0 Å². The average Bonchev–Trinajstić information content (AvgIpc) is 2.76. The van der Waals surface area contributed by atoms with E-state index in [2.05, 4.69) is 22.5 Å². The normalized spacial score (nSPS) is 35.9. The van der Waals surface area contributed by atoms with Crippen LogP contribution in [0, 0.1) is 5.92 Å². The van der Waals surface area contributed by atoms with Gasteiger partial charge >= 0.3 is 0 Å². The number of nitrogens with zero attached hydrogens (tertiary/aromatic N) is 1. The highest BCUT2D eigenvalue weighted by Gasteiger charge is 2.43. The van der Waals surface area contributed by atoms with Crippen LogP contribution in [0.1, 0.15) is 39.0 Å². The fourth-order valence-electron chi connectivity index (χ4n) is 3.63. The molecular formula is C15H27F2N3O. The molecule has 1 heterocycles. The number of rotatable bonds is 4. The van der Waals surface area contributed by atoms with Crippen molar-refractivity contribution in [1.29, 1.82) is 0 Å². The summed E-state index contributed by atoms with van der Waals surface area (Å²) in [5, 5.41) is 5.51. The summed E-state index contributed by atoms with van der Waals surface area (Å²) in [7, 11) is 4.07. The molecule has 2 rings (SSSR count). The molecule has 2 fully saturated rings. The van der Waals surface area contributed by atoms with Crippen molar-refractivity contribution < 1.29 is 13.6 Å². The summed E-state index contributed by atoms with van der Waals surface area (Å²) in [6.45, 7) is 2.37. The molecule has 0 aromatic rings. The highest BCUT2D eigenvalue weighted by molar-refractivity contribution is 5.82. The van der Waals surface area contributed by atoms with Gasteiger partial charge in [0.25, 0.3) is 5.92 Å². The van der Waals surface area contributed by atoms with E-state index in [0.29, 0.717) is 12.5 Å². The molecule has 0 aromatic carbocycles. The van der Waals surface area contributed by atoms with Crippen molar-refractivity contribution in [2.45, 2.75) is 56.5 Å². The number of nitrogens with one attached hydrogen (secondary N) is 2. The topological polar surface area (TPSA) is 44.4 Å². The molecule has 2 N–H and O–H groups in total. The summed E-state index contributed by atoms with van der Waals surface area (Å²) < 4.78 is 26.3. The maximum absolute atomic E-state index is 13.2. The van der Waals surface area contributed by atoms with Gasteiger partial charge in [-0.25, -0.2) is 8.78 Å². The Labute approximate surface area is 125 Å². The second-order valence-electron chi connectivity index (χ2n) is 7.03. The molecule has 122 valence electrons. The van der Waals surface area contributed by atoms with Gasteiger partial charge in [-0.1, -0.05) is 19.8 Å². The Morgan fingerprint density at radius 3 is 2.62 bits per heavy atom. The maximum atomic E-state index is 13.2. The number of likely N-dealkylation sites (N-methyl/N-ethyl adjacent to an activating group) is 1. The van der Waals surface area contributed by atoms with Crippen LogP contribution in [0.25, 0.3) is 0 Å². The van der Waals surface area contributed by atoms with Gasteiger partial charge in [0.05, 0.1) is 12.6 Å². The second-order valence-corrected chi connectivity index (χ2v) is 7.03. The molecule has 6 heteroatoms. The highest BCUT2D eigenvalue weighted by atomic mass is 19.3. The average molecular weight is 303 g/mol. The third-order valence-corrected chi connectivity index (χ3v) is 5.03. The summed E-state index contributed by atoms with van der Waals surface area (Å²) in [6, 6.07) is -0.764. The van der Waals surface area contributed by atoms with Crippen molar-refractivity contribution in [3.05, 3.63) is 0 Å². The van der Waals surface area contributed by atoms with E-state index >= 15 is 0 Å². The summed E-state index contributed by atoms with van der Waals surface area (Å²) in [5.74, 6) is -2.43. The molecule has 0 bridgehead atoms. The molecule has 21 heavy (non-hydrogen) atoms. The van der Waals surface area contributed by atoms with Gasteiger partial charge in [-0.05, 0) is 32.9 Å². The van der Waals surface area contributed by atoms with E-state index in [0.717, 1.165) is 19.3 Å². The first-order chi connectivity index (χ1) is 9.74. The van der Waals surface area contributed by atoms with Crippen molar-refractivity contribution in [3.8, 4) is 0 Å². The van der Waals surface area contributed by atoms with E-state index in [9.17, 15) is 13.6 Å². The fourth-order valence-corrected chi connectivity index (χ4v) is 3.63. The molecule has 3 unspecified atom stereocenters. The van der Waals surface area contributed by atoms with E-state index in [4.69, 9.17) is 0 Å². The molecular weight excluding hydrogens is 276 g/mol. The van der Waals surface area contributed by atoms with E-state index < -0.39 is 24.9 Å². The maximum Gasteiger partial charge on any atom is 0.262 e. The zero-order valence-corrected chi connectivity index (χ0v) is 13.2. The monoisotopic (exact) mass is 303 g/mol. The van der Waals surface area contributed by atoms with Crippen LogP contribution >= 0.6 is 0 Å². The lowest BCUT2D eigenvalue weighted by molar-refractivity contribution is -0.124. The van der Waals surface area contributed by atoms with Gasteiger partial charge in [0.1, 0.15) is 0 Å². The van der Waals surface area contributed by atoms with E-state index in [-0.39, 0.29) is 11.4 Å². The minimum atomic E-state index is -2.76. The summed E-state index contributed by atoms with van der Waals surface area (Å²) in [4.78, 5) is 14.3. The number of halogens is 2. The minimum Gasteiger partial charge on any atom is -0.353 e. The van der Waals surface area contributed by atoms with Crippen LogP contribution in [0.4, 0.5) is 8.78 Å². The predicted molar refractivity (Wildman–Crippen MR) is 78.4 cm³/mol. The van der Waals surface area contributed by atoms with Crippen molar-refractivity contribution in [2.24, 2.45) is 5.92 Å². The standard InChI is InChI=1S/C15H27F2N3O/c1-11-5-4-6-14(7-11,20(2)3)9-19-13(21)12-8-15(16,17)10-18-12/h11-12,18H,4-10H2,1-3H3,(H,19,21). The van der Waals surface area contributed by atoms with Gasteiger partial charge in [-0.3, -0.25) is 10.1 Å². The van der Waals surface area contributed by atoms with Gasteiger partial charge in [0.15, 0.2) is 0 Å². The molecule has 1 amide bonds. The number of alkyl halides is 2. The summed E-state index contributed by atoms with van der Waals surface area (Å²) in [5.41, 5.74) is -0.0472. The quantitative estimate of drug-likeness (QED) is 0.829. The lowest BCUT2D eigenvalue weighted by Gasteiger charge is -2.45. The van der Waals surface area contributed by atoms with Crippen LogP contribution < -0.4 is 10.6 Å². The number of carbonyl (C=O) groups excluding carboxylic acids is 1. The zero-order chi connectivity index (χ0) is 15.7. The van der Waals surface area contributed by atoms with Gasteiger partial charge < -0.3 is 10.2 Å². The molecule has 1 aliphatic heterocycles. The van der Waals surface area contributed by atoms with Gasteiger partial charge in [0.2, 0.25) is 5.91 Å². The molecule has 3 atom stereocenters. The van der Waals surface area contributed by atoms with Gasteiger partial charge in [-0.2, -0.15) is 0 Å². The third kappa shape index (κ3) is 3.92. The van der Waals surface area contributed by atoms with Crippen LogP contribution in [0.5, 0.6) is 0 Å². The Balaban J connectivity index is 1.92. The summed E-state index contributed by atoms with van der Waals surface area (Å²) in [6.07, 6.45) is 4.05. The molecule has 2 aliphatic rings. The van der Waals surface area contributed by atoms with Crippen molar-refractivity contribution in [1.82, 2.24) is 15.5 Å². The number of amides is 1. The number of hydrogen-bond donors (Lipinski definition) is 2. The minimum absolute atomic E-state index is 0.0472. The Morgan fingerprint density at radius 2 is 2.10 bits per heavy atom. The predicted octanol–water partition coefficient (Wildman–Crippen LogP) is 1.61.